The van der Waals surface area contributed by atoms with Gasteiger partial charge in [-0.25, -0.2) is 4.68 Å². The molecule has 0 fully saturated rings. The molecule has 4 heteroatoms. The first kappa shape index (κ1) is 12.0. The van der Waals surface area contributed by atoms with Crippen LogP contribution in [0.2, 0.25) is 0 Å². The van der Waals surface area contributed by atoms with Crippen molar-refractivity contribution in [3.63, 3.8) is 0 Å². The molecule has 20 heavy (non-hydrogen) atoms. The monoisotopic (exact) mass is 261 g/mol. The molecule has 0 aliphatic heterocycles. The second-order valence-electron chi connectivity index (χ2n) is 4.49. The predicted octanol–water partition coefficient (Wildman–Crippen LogP) is 2.25. The zero-order valence-electron chi connectivity index (χ0n) is 10.6. The summed E-state index contributed by atoms with van der Waals surface area (Å²) in [5, 5.41) is 11.4. The van der Waals surface area contributed by atoms with Gasteiger partial charge in [-0.3, -0.25) is 4.79 Å². The maximum atomic E-state index is 11.9. The van der Waals surface area contributed by atoms with Crippen LogP contribution in [0, 0.1) is 11.3 Å². The maximum Gasteiger partial charge on any atom is 0.287 e. The summed E-state index contributed by atoms with van der Waals surface area (Å²) in [7, 11) is 0. The Hall–Kier alpha value is -3.06. The number of nitrogen functional groups attached to an aromatic ring is 1. The third-order valence-electron chi connectivity index (χ3n) is 3.29. The van der Waals surface area contributed by atoms with Gasteiger partial charge in [-0.15, -0.1) is 0 Å². The quantitative estimate of drug-likeness (QED) is 0.683. The Morgan fingerprint density at radius 3 is 2.55 bits per heavy atom. The SMILES string of the molecule is N#Cc1c(-c2ccc3ccccc3c2)ccn(N)c1=O. The molecule has 1 heterocycles. The zero-order chi connectivity index (χ0) is 14.1. The van der Waals surface area contributed by atoms with E-state index in [-0.39, 0.29) is 5.56 Å². The summed E-state index contributed by atoms with van der Waals surface area (Å²) in [5.41, 5.74) is 1.01. The smallest absolute Gasteiger partial charge is 0.287 e. The van der Waals surface area contributed by atoms with Gasteiger partial charge in [0.15, 0.2) is 0 Å². The highest BCUT2D eigenvalue weighted by Crippen LogP contribution is 2.25. The lowest BCUT2D eigenvalue weighted by Gasteiger charge is -2.07. The average molecular weight is 261 g/mol. The van der Waals surface area contributed by atoms with Crippen molar-refractivity contribution in [2.45, 2.75) is 0 Å². The third-order valence-corrected chi connectivity index (χ3v) is 3.29. The Kier molecular flexibility index (Phi) is 2.73. The number of fused-ring (bicyclic) bond motifs is 1. The Bertz CT molecular complexity index is 903. The summed E-state index contributed by atoms with van der Waals surface area (Å²) in [6, 6.07) is 17.4. The van der Waals surface area contributed by atoms with Crippen LogP contribution < -0.4 is 11.4 Å². The van der Waals surface area contributed by atoms with Gasteiger partial charge in [-0.2, -0.15) is 5.26 Å². The molecule has 0 aliphatic rings. The van der Waals surface area contributed by atoms with Gasteiger partial charge in [0.25, 0.3) is 5.56 Å². The summed E-state index contributed by atoms with van der Waals surface area (Å²) in [4.78, 5) is 11.9. The van der Waals surface area contributed by atoms with Crippen molar-refractivity contribution in [1.29, 1.82) is 5.26 Å². The van der Waals surface area contributed by atoms with E-state index in [1.807, 2.05) is 48.5 Å². The molecule has 0 radical (unpaired) electrons. The lowest BCUT2D eigenvalue weighted by molar-refractivity contribution is 0.932. The van der Waals surface area contributed by atoms with Gasteiger partial charge < -0.3 is 5.84 Å². The van der Waals surface area contributed by atoms with Gasteiger partial charge >= 0.3 is 0 Å². The summed E-state index contributed by atoms with van der Waals surface area (Å²) in [6.07, 6.45) is 1.47. The lowest BCUT2D eigenvalue weighted by Crippen LogP contribution is -2.28. The van der Waals surface area contributed by atoms with E-state index in [4.69, 9.17) is 5.84 Å². The largest absolute Gasteiger partial charge is 0.336 e. The standard InChI is InChI=1S/C16H11N3O/c17-10-15-14(7-8-19(18)16(15)20)13-6-5-11-3-1-2-4-12(11)9-13/h1-9H,18H2. The summed E-state index contributed by atoms with van der Waals surface area (Å²) >= 11 is 0. The van der Waals surface area contributed by atoms with Gasteiger partial charge in [-0.1, -0.05) is 36.4 Å². The Morgan fingerprint density at radius 2 is 1.80 bits per heavy atom. The fraction of sp³-hybridized carbons (Fsp3) is 0. The topological polar surface area (TPSA) is 71.8 Å². The molecule has 4 nitrogen and oxygen atoms in total. The maximum absolute atomic E-state index is 11.9. The molecular weight excluding hydrogens is 250 g/mol. The minimum Gasteiger partial charge on any atom is -0.336 e. The number of pyridine rings is 1. The first-order chi connectivity index (χ1) is 9.70. The molecule has 0 atom stereocenters. The molecule has 0 bridgehead atoms. The normalized spacial score (nSPS) is 10.3. The minimum atomic E-state index is -0.488. The highest BCUT2D eigenvalue weighted by molar-refractivity contribution is 5.88. The molecule has 3 aromatic rings. The van der Waals surface area contributed by atoms with Crippen LogP contribution in [0.25, 0.3) is 21.9 Å². The average Bonchev–Trinajstić information content (AvgIpc) is 2.49. The first-order valence-corrected chi connectivity index (χ1v) is 6.11. The van der Waals surface area contributed by atoms with E-state index in [1.54, 1.807) is 6.07 Å². The molecular formula is C16H11N3O. The van der Waals surface area contributed by atoms with E-state index in [1.165, 1.54) is 6.20 Å². The number of hydrogen-bond donors (Lipinski definition) is 1. The molecule has 0 unspecified atom stereocenters. The number of aromatic nitrogens is 1. The molecule has 3 rings (SSSR count). The van der Waals surface area contributed by atoms with Crippen molar-refractivity contribution in [3.05, 3.63) is 70.6 Å². The van der Waals surface area contributed by atoms with Crippen molar-refractivity contribution >= 4 is 10.8 Å². The van der Waals surface area contributed by atoms with Crippen molar-refractivity contribution < 1.29 is 0 Å². The third kappa shape index (κ3) is 1.82. The van der Waals surface area contributed by atoms with E-state index in [2.05, 4.69) is 0 Å². The van der Waals surface area contributed by atoms with Gasteiger partial charge in [0, 0.05) is 11.8 Å². The van der Waals surface area contributed by atoms with Gasteiger partial charge in [0.2, 0.25) is 0 Å². The predicted molar refractivity (Wildman–Crippen MR) is 78.5 cm³/mol. The first-order valence-electron chi connectivity index (χ1n) is 6.11. The van der Waals surface area contributed by atoms with Gasteiger partial charge in [0.1, 0.15) is 11.6 Å². The van der Waals surface area contributed by atoms with Crippen LogP contribution in [-0.4, -0.2) is 4.68 Å². The van der Waals surface area contributed by atoms with Gasteiger partial charge in [0.05, 0.1) is 0 Å². The fourth-order valence-electron chi connectivity index (χ4n) is 2.26. The molecule has 2 aromatic carbocycles. The lowest BCUT2D eigenvalue weighted by atomic mass is 9.99. The van der Waals surface area contributed by atoms with Crippen LogP contribution in [-0.2, 0) is 0 Å². The van der Waals surface area contributed by atoms with Crippen LogP contribution in [0.4, 0.5) is 0 Å². The number of benzene rings is 2. The number of nitriles is 1. The number of rotatable bonds is 1. The molecule has 0 aliphatic carbocycles. The van der Waals surface area contributed by atoms with Crippen LogP contribution in [0.15, 0.2) is 59.5 Å². The second-order valence-corrected chi connectivity index (χ2v) is 4.49. The van der Waals surface area contributed by atoms with Crippen molar-refractivity contribution in [2.24, 2.45) is 0 Å². The van der Waals surface area contributed by atoms with E-state index in [0.717, 1.165) is 21.0 Å². The van der Waals surface area contributed by atoms with E-state index >= 15 is 0 Å². The van der Waals surface area contributed by atoms with Crippen LogP contribution in [0.1, 0.15) is 5.56 Å². The number of nitrogens with zero attached hydrogens (tertiary/aromatic N) is 2. The van der Waals surface area contributed by atoms with E-state index < -0.39 is 5.56 Å². The Morgan fingerprint density at radius 1 is 1.05 bits per heavy atom. The van der Waals surface area contributed by atoms with Gasteiger partial charge in [-0.05, 0) is 28.5 Å². The van der Waals surface area contributed by atoms with Crippen molar-refractivity contribution in [1.82, 2.24) is 4.68 Å². The Labute approximate surface area is 115 Å². The number of hydrogen-bond acceptors (Lipinski definition) is 3. The van der Waals surface area contributed by atoms with Crippen LogP contribution in [0.3, 0.4) is 0 Å². The summed E-state index contributed by atoms with van der Waals surface area (Å²) < 4.78 is 0.920. The minimum absolute atomic E-state index is 0.0604. The molecule has 0 amide bonds. The van der Waals surface area contributed by atoms with E-state index in [9.17, 15) is 10.1 Å². The second kappa shape index (κ2) is 4.56. The summed E-state index contributed by atoms with van der Waals surface area (Å²) in [6.45, 7) is 0. The van der Waals surface area contributed by atoms with Crippen molar-refractivity contribution in [3.8, 4) is 17.2 Å². The zero-order valence-corrected chi connectivity index (χ0v) is 10.6. The molecule has 0 saturated heterocycles. The molecule has 0 saturated carbocycles. The van der Waals surface area contributed by atoms with Crippen molar-refractivity contribution in [2.75, 3.05) is 5.84 Å². The molecule has 96 valence electrons. The number of nitrogens with two attached hydrogens (primary N) is 1. The molecule has 2 N–H and O–H groups in total. The summed E-state index contributed by atoms with van der Waals surface area (Å²) in [5.74, 6) is 5.49. The van der Waals surface area contributed by atoms with Crippen LogP contribution >= 0.6 is 0 Å². The Balaban J connectivity index is 2.29. The highest BCUT2D eigenvalue weighted by atomic mass is 16.1. The fourth-order valence-corrected chi connectivity index (χ4v) is 2.26. The highest BCUT2D eigenvalue weighted by Gasteiger charge is 2.10. The molecule has 1 aromatic heterocycles. The molecule has 0 spiro atoms. The van der Waals surface area contributed by atoms with Crippen LogP contribution in [0.5, 0.6) is 0 Å². The van der Waals surface area contributed by atoms with E-state index in [0.29, 0.717) is 5.56 Å².